The van der Waals surface area contributed by atoms with E-state index < -0.39 is 5.79 Å². The van der Waals surface area contributed by atoms with Crippen molar-refractivity contribution in [3.8, 4) is 0 Å². The molecule has 0 saturated heterocycles. The van der Waals surface area contributed by atoms with Gasteiger partial charge in [0.05, 0.1) is 11.2 Å². The van der Waals surface area contributed by atoms with Crippen LogP contribution < -0.4 is 0 Å². The summed E-state index contributed by atoms with van der Waals surface area (Å²) in [5.41, 5.74) is -0.680. The molecule has 0 N–H and O–H groups in total. The van der Waals surface area contributed by atoms with Crippen LogP contribution in [0.4, 0.5) is 0 Å². The molecule has 0 aliphatic carbocycles. The zero-order valence-corrected chi connectivity index (χ0v) is 15.5. The molecule has 0 bridgehead atoms. The molecule has 0 saturated carbocycles. The average molecular weight is 304 g/mol. The van der Waals surface area contributed by atoms with Gasteiger partial charge in [-0.05, 0) is 47.5 Å². The molecule has 0 unspecified atom stereocenters. The molecule has 0 spiro atoms. The first-order valence-corrected chi connectivity index (χ1v) is 8.21. The quantitative estimate of drug-likeness (QED) is 0.290. The molecule has 0 aliphatic heterocycles. The van der Waals surface area contributed by atoms with Gasteiger partial charge in [0, 0.05) is 5.92 Å². The minimum Gasteiger partial charge on any atom is -0.228 e. The van der Waals surface area contributed by atoms with E-state index in [9.17, 15) is 0 Å². The Kier molecular flexibility index (Phi) is 8.40. The van der Waals surface area contributed by atoms with Gasteiger partial charge in [0.25, 0.3) is 0 Å². The smallest absolute Gasteiger partial charge is 0.228 e. The molecule has 0 aliphatic rings. The molecule has 0 atom stereocenters. The van der Waals surface area contributed by atoms with Gasteiger partial charge in [-0.25, -0.2) is 9.78 Å². The highest BCUT2D eigenvalue weighted by Gasteiger charge is 2.38. The van der Waals surface area contributed by atoms with Gasteiger partial charge in [-0.1, -0.05) is 40.5 Å². The van der Waals surface area contributed by atoms with Crippen molar-refractivity contribution in [2.45, 2.75) is 105 Å². The lowest BCUT2D eigenvalue weighted by Gasteiger charge is -2.36. The maximum Gasteiger partial charge on any atom is 0.233 e. The summed E-state index contributed by atoms with van der Waals surface area (Å²) in [4.78, 5) is 22.5. The number of hydrogen-bond donors (Lipinski definition) is 0. The Bertz CT molecular complexity index is 263. The van der Waals surface area contributed by atoms with Gasteiger partial charge in [-0.15, -0.1) is 0 Å². The van der Waals surface area contributed by atoms with Crippen LogP contribution in [0.3, 0.4) is 0 Å². The fraction of sp³-hybridized carbons (Fsp3) is 1.00. The van der Waals surface area contributed by atoms with E-state index in [4.69, 9.17) is 19.6 Å². The van der Waals surface area contributed by atoms with Crippen LogP contribution in [0.5, 0.6) is 0 Å². The second-order valence-electron chi connectivity index (χ2n) is 7.52. The summed E-state index contributed by atoms with van der Waals surface area (Å²) < 4.78 is 0. The van der Waals surface area contributed by atoms with E-state index in [1.54, 1.807) is 0 Å². The normalized spacial score (nSPS) is 14.0. The van der Waals surface area contributed by atoms with Crippen molar-refractivity contribution in [1.82, 2.24) is 0 Å². The largest absolute Gasteiger partial charge is 0.233 e. The summed E-state index contributed by atoms with van der Waals surface area (Å²) in [6.45, 7) is 18.2. The first kappa shape index (κ1) is 20.8. The fourth-order valence-electron chi connectivity index (χ4n) is 1.88. The molecule has 0 aromatic carbocycles. The minimum absolute atomic E-state index is 0.0901. The van der Waals surface area contributed by atoms with Crippen molar-refractivity contribution in [2.24, 2.45) is 5.92 Å². The second-order valence-corrected chi connectivity index (χ2v) is 7.52. The summed E-state index contributed by atoms with van der Waals surface area (Å²) in [6, 6.07) is 0. The Morgan fingerprint density at radius 3 is 1.24 bits per heavy atom. The van der Waals surface area contributed by atoms with Crippen LogP contribution >= 0.6 is 0 Å². The number of rotatable bonds is 11. The third-order valence-electron chi connectivity index (χ3n) is 3.62. The average Bonchev–Trinajstić information content (AvgIpc) is 2.34. The molecule has 0 fully saturated rings. The topological polar surface area (TPSA) is 36.9 Å². The van der Waals surface area contributed by atoms with Gasteiger partial charge in [0.2, 0.25) is 5.79 Å². The summed E-state index contributed by atoms with van der Waals surface area (Å²) in [5, 5.41) is 0. The molecular formula is C17H36O4. The van der Waals surface area contributed by atoms with Gasteiger partial charge in [0.15, 0.2) is 0 Å². The predicted octanol–water partition coefficient (Wildman–Crippen LogP) is 5.41. The van der Waals surface area contributed by atoms with Crippen molar-refractivity contribution in [3.05, 3.63) is 0 Å². The van der Waals surface area contributed by atoms with E-state index in [1.165, 1.54) is 0 Å². The van der Waals surface area contributed by atoms with Crippen molar-refractivity contribution in [3.63, 3.8) is 0 Å². The molecule has 0 aromatic heterocycles. The number of hydrogen-bond acceptors (Lipinski definition) is 4. The van der Waals surface area contributed by atoms with Gasteiger partial charge in [-0.2, -0.15) is 9.78 Å². The van der Waals surface area contributed by atoms with Crippen LogP contribution in [0.1, 0.15) is 88.0 Å². The van der Waals surface area contributed by atoms with E-state index in [-0.39, 0.29) is 17.1 Å². The second kappa shape index (κ2) is 8.47. The molecule has 4 nitrogen and oxygen atoms in total. The molecule has 21 heavy (non-hydrogen) atoms. The van der Waals surface area contributed by atoms with Gasteiger partial charge >= 0.3 is 0 Å². The summed E-state index contributed by atoms with van der Waals surface area (Å²) >= 11 is 0. The van der Waals surface area contributed by atoms with Crippen molar-refractivity contribution in [2.75, 3.05) is 0 Å². The lowest BCUT2D eigenvalue weighted by atomic mass is 10.0. The molecule has 0 rings (SSSR count). The lowest BCUT2D eigenvalue weighted by Crippen LogP contribution is -2.43. The third kappa shape index (κ3) is 8.15. The predicted molar refractivity (Wildman–Crippen MR) is 85.6 cm³/mol. The zero-order valence-electron chi connectivity index (χ0n) is 15.5. The molecule has 128 valence electrons. The van der Waals surface area contributed by atoms with E-state index in [0.29, 0.717) is 0 Å². The summed E-state index contributed by atoms with van der Waals surface area (Å²) in [7, 11) is 0. The molecule has 0 aromatic rings. The zero-order chi connectivity index (χ0) is 16.7. The maximum absolute atomic E-state index is 5.63. The van der Waals surface area contributed by atoms with Crippen LogP contribution in [0.2, 0.25) is 0 Å². The molecular weight excluding hydrogens is 268 g/mol. The van der Waals surface area contributed by atoms with Crippen LogP contribution in [-0.4, -0.2) is 17.0 Å². The van der Waals surface area contributed by atoms with E-state index in [1.807, 2.05) is 48.5 Å². The first-order valence-electron chi connectivity index (χ1n) is 8.21. The van der Waals surface area contributed by atoms with Crippen LogP contribution in [0, 0.1) is 5.92 Å². The standard InChI is InChI=1S/C17H36O4/c1-10-12-15(5,6)18-20-17(9,14(3)4)21-19-16(7,8)13-11-2/h14H,10-13H2,1-9H3. The molecule has 0 radical (unpaired) electrons. The Morgan fingerprint density at radius 2 is 1.00 bits per heavy atom. The van der Waals surface area contributed by atoms with E-state index >= 15 is 0 Å². The van der Waals surface area contributed by atoms with E-state index in [0.717, 1.165) is 25.7 Å². The summed E-state index contributed by atoms with van der Waals surface area (Å²) in [6.07, 6.45) is 3.91. The van der Waals surface area contributed by atoms with E-state index in [2.05, 4.69) is 13.8 Å². The first-order chi connectivity index (χ1) is 9.48. The summed E-state index contributed by atoms with van der Waals surface area (Å²) in [5.74, 6) is -0.844. The Labute approximate surface area is 131 Å². The van der Waals surface area contributed by atoms with Gasteiger partial charge < -0.3 is 0 Å². The van der Waals surface area contributed by atoms with Crippen LogP contribution in [0.15, 0.2) is 0 Å². The highest BCUT2D eigenvalue weighted by molar-refractivity contribution is 4.69. The lowest BCUT2D eigenvalue weighted by molar-refractivity contribution is -0.548. The van der Waals surface area contributed by atoms with Crippen molar-refractivity contribution in [1.29, 1.82) is 0 Å². The minimum atomic E-state index is -0.935. The highest BCUT2D eigenvalue weighted by atomic mass is 17.3. The van der Waals surface area contributed by atoms with Crippen LogP contribution in [0.25, 0.3) is 0 Å². The Morgan fingerprint density at radius 1 is 0.667 bits per heavy atom. The molecule has 0 amide bonds. The van der Waals surface area contributed by atoms with Gasteiger partial charge in [0.1, 0.15) is 0 Å². The molecule has 4 heteroatoms. The van der Waals surface area contributed by atoms with Crippen LogP contribution in [-0.2, 0) is 19.6 Å². The monoisotopic (exact) mass is 304 g/mol. The van der Waals surface area contributed by atoms with Gasteiger partial charge in [-0.3, -0.25) is 0 Å². The maximum atomic E-state index is 5.63. The fourth-order valence-corrected chi connectivity index (χ4v) is 1.88. The van der Waals surface area contributed by atoms with Crippen molar-refractivity contribution < 1.29 is 19.6 Å². The third-order valence-corrected chi connectivity index (χ3v) is 3.62. The molecule has 0 heterocycles. The highest BCUT2D eigenvalue weighted by Crippen LogP contribution is 2.30. The SMILES string of the molecule is CCCC(C)(C)OOC(C)(OOC(C)(C)CCC)C(C)C. The Hall–Kier alpha value is -0.160. The van der Waals surface area contributed by atoms with Crippen molar-refractivity contribution >= 4 is 0 Å². The Balaban J connectivity index is 4.63.